The molecule has 1 N–H and O–H groups in total. The highest BCUT2D eigenvalue weighted by Gasteiger charge is 2.47. The van der Waals surface area contributed by atoms with E-state index in [0.717, 1.165) is 44.3 Å². The molecule has 4 unspecified atom stereocenters. The van der Waals surface area contributed by atoms with Gasteiger partial charge in [0.15, 0.2) is 0 Å². The van der Waals surface area contributed by atoms with Crippen LogP contribution in [0.15, 0.2) is 53.1 Å². The van der Waals surface area contributed by atoms with Crippen molar-refractivity contribution in [3.8, 4) is 0 Å². The summed E-state index contributed by atoms with van der Waals surface area (Å²) < 4.78 is 5.38. The summed E-state index contributed by atoms with van der Waals surface area (Å²) in [5.74, 6) is 1.34. The van der Waals surface area contributed by atoms with E-state index in [1.54, 1.807) is 6.26 Å². The number of nitrogens with one attached hydrogen (secondary N) is 1. The third-order valence-electron chi connectivity index (χ3n) is 6.44. The number of carbonyl (C=O) groups excluding carboxylic acids is 2. The van der Waals surface area contributed by atoms with Gasteiger partial charge < -0.3 is 14.6 Å². The van der Waals surface area contributed by atoms with Crippen molar-refractivity contribution in [3.05, 3.63) is 60.1 Å². The lowest BCUT2D eigenvalue weighted by Crippen LogP contribution is -2.51. The van der Waals surface area contributed by atoms with Crippen LogP contribution in [0.2, 0.25) is 0 Å². The average Bonchev–Trinajstić information content (AvgIpc) is 3.40. The second kappa shape index (κ2) is 8.85. The lowest BCUT2D eigenvalue weighted by atomic mass is 9.84. The predicted octanol–water partition coefficient (Wildman–Crippen LogP) is 4.19. The Bertz CT molecular complexity index is 818. The summed E-state index contributed by atoms with van der Waals surface area (Å²) in [6.07, 6.45) is 8.49. The molecular weight excluding hydrogens is 364 g/mol. The van der Waals surface area contributed by atoms with E-state index in [9.17, 15) is 9.59 Å². The number of rotatable bonds is 6. The van der Waals surface area contributed by atoms with Gasteiger partial charge in [-0.3, -0.25) is 9.59 Å². The monoisotopic (exact) mass is 394 g/mol. The second-order valence-corrected chi connectivity index (χ2v) is 8.47. The summed E-state index contributed by atoms with van der Waals surface area (Å²) in [6.45, 7) is 2.02. The molecule has 1 aliphatic heterocycles. The Morgan fingerprint density at radius 3 is 2.69 bits per heavy atom. The number of furan rings is 1. The number of nitrogens with zero attached hydrogens (tertiary/aromatic N) is 1. The molecule has 1 aromatic heterocycles. The first-order chi connectivity index (χ1) is 14.1. The minimum Gasteiger partial charge on any atom is -0.469 e. The zero-order chi connectivity index (χ0) is 20.2. The molecule has 1 aliphatic carbocycles. The van der Waals surface area contributed by atoms with Crippen molar-refractivity contribution in [3.63, 3.8) is 0 Å². The number of likely N-dealkylation sites (tertiary alicyclic amines) is 1. The number of hydrogen-bond acceptors (Lipinski definition) is 3. The molecule has 5 heteroatoms. The molecular formula is C24H30N2O3. The third-order valence-corrected chi connectivity index (χ3v) is 6.44. The van der Waals surface area contributed by atoms with Crippen LogP contribution in [-0.2, 0) is 11.2 Å². The molecule has 29 heavy (non-hydrogen) atoms. The minimum atomic E-state index is -0.373. The molecule has 1 saturated carbocycles. The number of amides is 2. The fourth-order valence-corrected chi connectivity index (χ4v) is 4.94. The number of hydrogen-bond donors (Lipinski definition) is 1. The molecule has 2 amide bonds. The van der Waals surface area contributed by atoms with Crippen LogP contribution >= 0.6 is 0 Å². The van der Waals surface area contributed by atoms with E-state index in [1.807, 2.05) is 54.3 Å². The van der Waals surface area contributed by atoms with Gasteiger partial charge in [0.1, 0.15) is 11.8 Å². The number of fused-ring (bicyclic) bond motifs is 1. The van der Waals surface area contributed by atoms with E-state index < -0.39 is 0 Å². The smallest absolute Gasteiger partial charge is 0.254 e. The van der Waals surface area contributed by atoms with Gasteiger partial charge in [-0.15, -0.1) is 0 Å². The maximum atomic E-state index is 13.3. The summed E-state index contributed by atoms with van der Waals surface area (Å²) in [5, 5.41) is 3.16. The first kappa shape index (κ1) is 19.7. The standard InChI is InChI=1S/C24H30N2O3/c1-17(13-14-20-11-7-15-29-20)25-23(27)22-16-19-10-5-6-12-21(19)26(22)24(28)18-8-3-2-4-9-18/h2-4,7-9,11,15,17,19,21-22H,5-6,10,12-14,16H2,1H3,(H,25,27). The highest BCUT2D eigenvalue weighted by Crippen LogP contribution is 2.40. The third kappa shape index (κ3) is 4.39. The van der Waals surface area contributed by atoms with Gasteiger partial charge in [-0.25, -0.2) is 0 Å². The fourth-order valence-electron chi connectivity index (χ4n) is 4.94. The number of carbonyl (C=O) groups is 2. The van der Waals surface area contributed by atoms with Crippen LogP contribution in [0.3, 0.4) is 0 Å². The Labute approximate surface area is 172 Å². The zero-order valence-electron chi connectivity index (χ0n) is 17.0. The van der Waals surface area contributed by atoms with Gasteiger partial charge in [-0.05, 0) is 62.8 Å². The van der Waals surface area contributed by atoms with Crippen LogP contribution in [0, 0.1) is 5.92 Å². The van der Waals surface area contributed by atoms with Crippen molar-refractivity contribution < 1.29 is 14.0 Å². The van der Waals surface area contributed by atoms with E-state index in [0.29, 0.717) is 11.5 Å². The highest BCUT2D eigenvalue weighted by molar-refractivity contribution is 5.98. The molecule has 154 valence electrons. The fraction of sp³-hybridized carbons (Fsp3) is 0.500. The quantitative estimate of drug-likeness (QED) is 0.799. The normalized spacial score (nSPS) is 24.7. The van der Waals surface area contributed by atoms with Gasteiger partial charge in [0.05, 0.1) is 6.26 Å². The van der Waals surface area contributed by atoms with Crippen LogP contribution in [0.25, 0.3) is 0 Å². The van der Waals surface area contributed by atoms with E-state index in [4.69, 9.17) is 4.42 Å². The van der Waals surface area contributed by atoms with Crippen molar-refractivity contribution in [1.82, 2.24) is 10.2 Å². The van der Waals surface area contributed by atoms with Crippen LogP contribution in [-0.4, -0.2) is 34.8 Å². The van der Waals surface area contributed by atoms with E-state index in [1.165, 1.54) is 6.42 Å². The van der Waals surface area contributed by atoms with Crippen molar-refractivity contribution in [2.24, 2.45) is 5.92 Å². The van der Waals surface area contributed by atoms with Crippen molar-refractivity contribution >= 4 is 11.8 Å². The minimum absolute atomic E-state index is 0.0108. The summed E-state index contributed by atoms with van der Waals surface area (Å²) in [7, 11) is 0. The van der Waals surface area contributed by atoms with Crippen LogP contribution in [0.1, 0.15) is 61.6 Å². The largest absolute Gasteiger partial charge is 0.469 e. The maximum Gasteiger partial charge on any atom is 0.254 e. The van der Waals surface area contributed by atoms with E-state index in [2.05, 4.69) is 5.32 Å². The summed E-state index contributed by atoms with van der Waals surface area (Å²) >= 11 is 0. The topological polar surface area (TPSA) is 62.6 Å². The van der Waals surface area contributed by atoms with Crippen LogP contribution in [0.5, 0.6) is 0 Å². The Hall–Kier alpha value is -2.56. The zero-order valence-corrected chi connectivity index (χ0v) is 17.0. The highest BCUT2D eigenvalue weighted by atomic mass is 16.3. The van der Waals surface area contributed by atoms with Gasteiger partial charge in [0.25, 0.3) is 5.91 Å². The lowest BCUT2D eigenvalue weighted by molar-refractivity contribution is -0.125. The molecule has 0 radical (unpaired) electrons. The Morgan fingerprint density at radius 2 is 1.93 bits per heavy atom. The van der Waals surface area contributed by atoms with Crippen molar-refractivity contribution in [2.45, 2.75) is 70.0 Å². The molecule has 4 rings (SSSR count). The number of benzene rings is 1. The van der Waals surface area contributed by atoms with E-state index >= 15 is 0 Å². The molecule has 4 atom stereocenters. The van der Waals surface area contributed by atoms with Gasteiger partial charge in [-0.1, -0.05) is 31.0 Å². The Kier molecular flexibility index (Phi) is 6.02. The van der Waals surface area contributed by atoms with Crippen LogP contribution in [0.4, 0.5) is 0 Å². The average molecular weight is 395 g/mol. The summed E-state index contributed by atoms with van der Waals surface area (Å²) in [4.78, 5) is 28.4. The lowest BCUT2D eigenvalue weighted by Gasteiger charge is -2.34. The van der Waals surface area contributed by atoms with Crippen LogP contribution < -0.4 is 5.32 Å². The molecule has 2 aromatic rings. The Balaban J connectivity index is 1.46. The molecule has 1 aromatic carbocycles. The van der Waals surface area contributed by atoms with Gasteiger partial charge in [0.2, 0.25) is 5.91 Å². The summed E-state index contributed by atoms with van der Waals surface area (Å²) in [5.41, 5.74) is 0.669. The van der Waals surface area contributed by atoms with Crippen molar-refractivity contribution in [2.75, 3.05) is 0 Å². The molecule has 2 fully saturated rings. The predicted molar refractivity (Wildman–Crippen MR) is 111 cm³/mol. The molecule has 2 aliphatic rings. The number of aryl methyl sites for hydroxylation is 1. The van der Waals surface area contributed by atoms with Gasteiger partial charge >= 0.3 is 0 Å². The molecule has 0 spiro atoms. The van der Waals surface area contributed by atoms with Gasteiger partial charge in [0, 0.05) is 24.1 Å². The first-order valence-corrected chi connectivity index (χ1v) is 10.8. The van der Waals surface area contributed by atoms with Gasteiger partial charge in [-0.2, -0.15) is 0 Å². The molecule has 2 heterocycles. The Morgan fingerprint density at radius 1 is 1.14 bits per heavy atom. The van der Waals surface area contributed by atoms with Crippen molar-refractivity contribution in [1.29, 1.82) is 0 Å². The SMILES string of the molecule is CC(CCc1ccco1)NC(=O)C1CC2CCCCC2N1C(=O)c1ccccc1. The summed E-state index contributed by atoms with van der Waals surface area (Å²) in [6, 6.07) is 13.0. The van der Waals surface area contributed by atoms with E-state index in [-0.39, 0.29) is 29.9 Å². The molecule has 5 nitrogen and oxygen atoms in total. The first-order valence-electron chi connectivity index (χ1n) is 10.8. The maximum absolute atomic E-state index is 13.3. The molecule has 1 saturated heterocycles. The second-order valence-electron chi connectivity index (χ2n) is 8.47. The molecule has 0 bridgehead atoms.